The highest BCUT2D eigenvalue weighted by Gasteiger charge is 2.42. The molecule has 1 unspecified atom stereocenters. The molecule has 0 amide bonds. The predicted octanol–water partition coefficient (Wildman–Crippen LogP) is 3.75. The van der Waals surface area contributed by atoms with Gasteiger partial charge in [-0.2, -0.15) is 4.31 Å². The maximum absolute atomic E-state index is 13.2. The second kappa shape index (κ2) is 7.08. The van der Waals surface area contributed by atoms with E-state index in [0.29, 0.717) is 24.6 Å². The Hall–Kier alpha value is -1.40. The SMILES string of the molecule is CC1(C)COC(Cc2ccccc2)CN1S(=O)(=O)c1cccc(Cl)c1. The first kappa shape index (κ1) is 18.4. The summed E-state index contributed by atoms with van der Waals surface area (Å²) in [6.45, 7) is 4.43. The molecule has 134 valence electrons. The van der Waals surface area contributed by atoms with Crippen LogP contribution in [0.2, 0.25) is 5.02 Å². The van der Waals surface area contributed by atoms with Crippen LogP contribution in [0.4, 0.5) is 0 Å². The molecule has 1 fully saturated rings. The van der Waals surface area contributed by atoms with Crippen molar-refractivity contribution in [3.63, 3.8) is 0 Å². The Labute approximate surface area is 154 Å². The third-order valence-corrected chi connectivity index (χ3v) is 6.72. The highest BCUT2D eigenvalue weighted by atomic mass is 35.5. The van der Waals surface area contributed by atoms with Gasteiger partial charge in [-0.3, -0.25) is 0 Å². The first-order valence-electron chi connectivity index (χ1n) is 8.23. The fourth-order valence-corrected chi connectivity index (χ4v) is 5.16. The fraction of sp³-hybridized carbons (Fsp3) is 0.368. The number of rotatable bonds is 4. The van der Waals surface area contributed by atoms with Crippen LogP contribution in [0.1, 0.15) is 19.4 Å². The number of sulfonamides is 1. The number of morpholine rings is 1. The number of nitrogens with zero attached hydrogens (tertiary/aromatic N) is 1. The van der Waals surface area contributed by atoms with Gasteiger partial charge in [-0.25, -0.2) is 8.42 Å². The summed E-state index contributed by atoms with van der Waals surface area (Å²) in [7, 11) is -3.65. The van der Waals surface area contributed by atoms with E-state index in [1.54, 1.807) is 22.5 Å². The van der Waals surface area contributed by atoms with Crippen molar-refractivity contribution in [1.29, 1.82) is 0 Å². The average Bonchev–Trinajstić information content (AvgIpc) is 2.57. The Morgan fingerprint density at radius 2 is 1.88 bits per heavy atom. The fourth-order valence-electron chi connectivity index (χ4n) is 3.06. The van der Waals surface area contributed by atoms with Gasteiger partial charge in [0.25, 0.3) is 0 Å². The van der Waals surface area contributed by atoms with E-state index in [-0.39, 0.29) is 11.0 Å². The zero-order valence-electron chi connectivity index (χ0n) is 14.4. The predicted molar refractivity (Wildman–Crippen MR) is 99.3 cm³/mol. The minimum atomic E-state index is -3.65. The van der Waals surface area contributed by atoms with Gasteiger partial charge in [0.15, 0.2) is 0 Å². The van der Waals surface area contributed by atoms with Crippen molar-refractivity contribution < 1.29 is 13.2 Å². The minimum Gasteiger partial charge on any atom is -0.375 e. The van der Waals surface area contributed by atoms with Crippen LogP contribution in [0, 0.1) is 0 Å². The lowest BCUT2D eigenvalue weighted by molar-refractivity contribution is -0.0629. The van der Waals surface area contributed by atoms with Crippen molar-refractivity contribution in [2.24, 2.45) is 0 Å². The van der Waals surface area contributed by atoms with Crippen molar-refractivity contribution in [3.05, 3.63) is 65.2 Å². The molecule has 2 aromatic carbocycles. The summed E-state index contributed by atoms with van der Waals surface area (Å²) in [4.78, 5) is 0.216. The number of hydrogen-bond donors (Lipinski definition) is 0. The van der Waals surface area contributed by atoms with Gasteiger partial charge in [-0.15, -0.1) is 0 Å². The third kappa shape index (κ3) is 4.06. The zero-order chi connectivity index (χ0) is 18.1. The van der Waals surface area contributed by atoms with Crippen molar-refractivity contribution in [2.45, 2.75) is 36.8 Å². The molecule has 0 N–H and O–H groups in total. The standard InChI is InChI=1S/C19H22ClNO3S/c1-19(2)14-24-17(11-15-7-4-3-5-8-15)13-21(19)25(22,23)18-10-6-9-16(20)12-18/h3-10,12,17H,11,13-14H2,1-2H3. The van der Waals surface area contributed by atoms with Gasteiger partial charge < -0.3 is 4.74 Å². The van der Waals surface area contributed by atoms with Gasteiger partial charge >= 0.3 is 0 Å². The van der Waals surface area contributed by atoms with Crippen LogP contribution in [0.15, 0.2) is 59.5 Å². The Balaban J connectivity index is 1.87. The molecular weight excluding hydrogens is 358 g/mol. The smallest absolute Gasteiger partial charge is 0.243 e. The molecule has 4 nitrogen and oxygen atoms in total. The molecule has 1 atom stereocenters. The molecule has 0 aliphatic carbocycles. The number of benzene rings is 2. The van der Waals surface area contributed by atoms with E-state index >= 15 is 0 Å². The molecule has 3 rings (SSSR count). The van der Waals surface area contributed by atoms with Crippen molar-refractivity contribution in [2.75, 3.05) is 13.2 Å². The monoisotopic (exact) mass is 379 g/mol. The number of ether oxygens (including phenoxy) is 1. The van der Waals surface area contributed by atoms with Gasteiger partial charge in [0.05, 0.1) is 23.1 Å². The second-order valence-corrected chi connectivity index (χ2v) is 9.23. The highest BCUT2D eigenvalue weighted by Crippen LogP contribution is 2.31. The molecule has 1 heterocycles. The molecule has 1 saturated heterocycles. The van der Waals surface area contributed by atoms with Gasteiger partial charge in [0.1, 0.15) is 0 Å². The lowest BCUT2D eigenvalue weighted by Crippen LogP contribution is -2.58. The number of hydrogen-bond acceptors (Lipinski definition) is 3. The summed E-state index contributed by atoms with van der Waals surface area (Å²) in [5, 5.41) is 0.410. The molecule has 0 spiro atoms. The minimum absolute atomic E-state index is 0.176. The second-order valence-electron chi connectivity index (χ2n) is 6.93. The molecule has 0 aromatic heterocycles. The van der Waals surface area contributed by atoms with E-state index in [1.165, 1.54) is 6.07 Å². The first-order valence-corrected chi connectivity index (χ1v) is 10.0. The van der Waals surface area contributed by atoms with Crippen LogP contribution in [0.5, 0.6) is 0 Å². The van der Waals surface area contributed by atoms with Crippen molar-refractivity contribution in [3.8, 4) is 0 Å². The molecule has 6 heteroatoms. The van der Waals surface area contributed by atoms with Crippen LogP contribution in [0.25, 0.3) is 0 Å². The van der Waals surface area contributed by atoms with Gasteiger partial charge in [0, 0.05) is 11.6 Å². The van der Waals surface area contributed by atoms with Crippen LogP contribution < -0.4 is 0 Å². The molecule has 0 bridgehead atoms. The molecule has 0 saturated carbocycles. The normalized spacial score (nSPS) is 21.2. The molecule has 2 aromatic rings. The average molecular weight is 380 g/mol. The van der Waals surface area contributed by atoms with Crippen LogP contribution >= 0.6 is 11.6 Å². The quantitative estimate of drug-likeness (QED) is 0.812. The van der Waals surface area contributed by atoms with E-state index in [4.69, 9.17) is 16.3 Å². The highest BCUT2D eigenvalue weighted by molar-refractivity contribution is 7.89. The van der Waals surface area contributed by atoms with Crippen molar-refractivity contribution >= 4 is 21.6 Å². The largest absolute Gasteiger partial charge is 0.375 e. The molecule has 0 radical (unpaired) electrons. The molecule has 25 heavy (non-hydrogen) atoms. The summed E-state index contributed by atoms with van der Waals surface area (Å²) < 4.78 is 33.8. The van der Waals surface area contributed by atoms with E-state index in [0.717, 1.165) is 5.56 Å². The van der Waals surface area contributed by atoms with Gasteiger partial charge in [-0.1, -0.05) is 48.0 Å². The van der Waals surface area contributed by atoms with E-state index in [9.17, 15) is 8.42 Å². The van der Waals surface area contributed by atoms with Gasteiger partial charge in [-0.05, 0) is 44.0 Å². The van der Waals surface area contributed by atoms with Gasteiger partial charge in [0.2, 0.25) is 10.0 Å². The Bertz CT molecular complexity index is 837. The third-order valence-electron chi connectivity index (χ3n) is 4.41. The first-order chi connectivity index (χ1) is 11.8. The maximum Gasteiger partial charge on any atom is 0.243 e. The lowest BCUT2D eigenvalue weighted by Gasteiger charge is -2.44. The van der Waals surface area contributed by atoms with Crippen LogP contribution in [0.3, 0.4) is 0 Å². The zero-order valence-corrected chi connectivity index (χ0v) is 15.9. The summed E-state index contributed by atoms with van der Waals surface area (Å²) in [6, 6.07) is 16.4. The summed E-state index contributed by atoms with van der Waals surface area (Å²) in [5.74, 6) is 0. The summed E-state index contributed by atoms with van der Waals surface area (Å²) in [5.41, 5.74) is 0.515. The summed E-state index contributed by atoms with van der Waals surface area (Å²) >= 11 is 5.99. The number of halogens is 1. The Morgan fingerprint density at radius 3 is 2.56 bits per heavy atom. The van der Waals surface area contributed by atoms with E-state index in [1.807, 2.05) is 44.2 Å². The topological polar surface area (TPSA) is 46.6 Å². The summed E-state index contributed by atoms with van der Waals surface area (Å²) in [6.07, 6.45) is 0.503. The van der Waals surface area contributed by atoms with E-state index in [2.05, 4.69) is 0 Å². The maximum atomic E-state index is 13.2. The molecular formula is C19H22ClNO3S. The lowest BCUT2D eigenvalue weighted by atomic mass is 10.0. The Kier molecular flexibility index (Phi) is 5.21. The molecule has 1 aliphatic heterocycles. The molecule has 1 aliphatic rings. The van der Waals surface area contributed by atoms with E-state index < -0.39 is 15.6 Å². The van der Waals surface area contributed by atoms with Crippen LogP contribution in [-0.2, 0) is 21.2 Å². The van der Waals surface area contributed by atoms with Crippen LogP contribution in [-0.4, -0.2) is 37.5 Å². The van der Waals surface area contributed by atoms with Crippen molar-refractivity contribution in [1.82, 2.24) is 4.31 Å². The Morgan fingerprint density at radius 1 is 1.16 bits per heavy atom.